The molecule has 1 aromatic carbocycles. The van der Waals surface area contributed by atoms with Gasteiger partial charge < -0.3 is 9.84 Å². The van der Waals surface area contributed by atoms with Crippen molar-refractivity contribution in [1.82, 2.24) is 0 Å². The van der Waals surface area contributed by atoms with Gasteiger partial charge >= 0.3 is 5.97 Å². The first-order chi connectivity index (χ1) is 8.45. The van der Waals surface area contributed by atoms with Gasteiger partial charge in [0.05, 0.1) is 11.5 Å². The normalized spacial score (nSPS) is 13.0. The van der Waals surface area contributed by atoms with Gasteiger partial charge in [-0.1, -0.05) is 18.2 Å². The molecule has 0 bridgehead atoms. The lowest BCUT2D eigenvalue weighted by Gasteiger charge is -2.14. The zero-order valence-corrected chi connectivity index (χ0v) is 10.6. The van der Waals surface area contributed by atoms with Crippen LogP contribution in [0.2, 0.25) is 0 Å². The average molecular weight is 274 g/mol. The first-order valence-corrected chi connectivity index (χ1v) is 6.59. The first kappa shape index (κ1) is 14.6. The average Bonchev–Trinajstić information content (AvgIpc) is 2.35. The summed E-state index contributed by atoms with van der Waals surface area (Å²) >= 11 is 0. The van der Waals surface area contributed by atoms with E-state index in [1.54, 1.807) is 18.2 Å². The van der Waals surface area contributed by atoms with Crippen molar-refractivity contribution < 1.29 is 27.2 Å². The highest BCUT2D eigenvalue weighted by atomic mass is 32.2. The standard InChI is InChI=1S/C11H14O6S/c1-9(13)16-8-10(7-12)17-18(14,15)11-5-3-2-4-6-11/h2-6,10,12H,7-8H2,1H3/t10-/m0/s1. The van der Waals surface area contributed by atoms with Crippen molar-refractivity contribution in [2.24, 2.45) is 0 Å². The topological polar surface area (TPSA) is 89.9 Å². The van der Waals surface area contributed by atoms with E-state index in [1.807, 2.05) is 0 Å². The minimum Gasteiger partial charge on any atom is -0.463 e. The van der Waals surface area contributed by atoms with Gasteiger partial charge in [-0.3, -0.25) is 8.98 Å². The molecule has 0 aliphatic carbocycles. The molecule has 1 rings (SSSR count). The molecule has 7 heteroatoms. The lowest BCUT2D eigenvalue weighted by atomic mass is 10.4. The summed E-state index contributed by atoms with van der Waals surface area (Å²) in [7, 11) is -3.97. The molecule has 0 spiro atoms. The second-order valence-corrected chi connectivity index (χ2v) is 5.04. The van der Waals surface area contributed by atoms with Crippen LogP contribution in [0.4, 0.5) is 0 Å². The number of hydrogen-bond acceptors (Lipinski definition) is 6. The molecule has 0 saturated heterocycles. The third-order valence-corrected chi connectivity index (χ3v) is 3.35. The van der Waals surface area contributed by atoms with Crippen LogP contribution in [0.3, 0.4) is 0 Å². The minimum atomic E-state index is -3.97. The number of aliphatic hydroxyl groups is 1. The van der Waals surface area contributed by atoms with E-state index < -0.39 is 28.8 Å². The molecule has 1 atom stereocenters. The minimum absolute atomic E-state index is 0.0220. The zero-order chi connectivity index (χ0) is 13.6. The molecule has 18 heavy (non-hydrogen) atoms. The second-order valence-electron chi connectivity index (χ2n) is 3.47. The van der Waals surface area contributed by atoms with E-state index in [4.69, 9.17) is 9.29 Å². The maximum atomic E-state index is 11.8. The Morgan fingerprint density at radius 3 is 2.44 bits per heavy atom. The Balaban J connectivity index is 2.72. The zero-order valence-electron chi connectivity index (χ0n) is 9.78. The van der Waals surface area contributed by atoms with Crippen LogP contribution in [0.1, 0.15) is 6.92 Å². The lowest BCUT2D eigenvalue weighted by molar-refractivity contribution is -0.143. The third-order valence-electron chi connectivity index (χ3n) is 1.97. The van der Waals surface area contributed by atoms with Crippen LogP contribution in [0, 0.1) is 0 Å². The molecule has 6 nitrogen and oxygen atoms in total. The van der Waals surface area contributed by atoms with Gasteiger partial charge in [-0.05, 0) is 12.1 Å². The number of rotatable bonds is 6. The molecule has 0 unspecified atom stereocenters. The molecule has 0 aromatic heterocycles. The van der Waals surface area contributed by atoms with Crippen molar-refractivity contribution in [3.05, 3.63) is 30.3 Å². The van der Waals surface area contributed by atoms with Gasteiger partial charge in [-0.2, -0.15) is 8.42 Å². The van der Waals surface area contributed by atoms with Crippen LogP contribution in [-0.4, -0.2) is 38.8 Å². The third kappa shape index (κ3) is 4.44. The highest BCUT2D eigenvalue weighted by molar-refractivity contribution is 7.86. The Hall–Kier alpha value is -1.44. The molecule has 0 heterocycles. The summed E-state index contributed by atoms with van der Waals surface area (Å²) in [6, 6.07) is 7.51. The number of aliphatic hydroxyl groups excluding tert-OH is 1. The Morgan fingerprint density at radius 2 is 1.94 bits per heavy atom. The molecule has 0 saturated carbocycles. The lowest BCUT2D eigenvalue weighted by Crippen LogP contribution is -2.28. The number of benzene rings is 1. The van der Waals surface area contributed by atoms with Gasteiger partial charge in [0.1, 0.15) is 12.7 Å². The van der Waals surface area contributed by atoms with Gasteiger partial charge in [0, 0.05) is 6.92 Å². The summed E-state index contributed by atoms with van der Waals surface area (Å²) in [5.74, 6) is -0.575. The second kappa shape index (κ2) is 6.48. The molecule has 1 aromatic rings. The molecule has 0 amide bonds. The van der Waals surface area contributed by atoms with Crippen LogP contribution < -0.4 is 0 Å². The van der Waals surface area contributed by atoms with Crippen LogP contribution in [-0.2, 0) is 23.8 Å². The van der Waals surface area contributed by atoms with Crippen molar-refractivity contribution in [2.45, 2.75) is 17.9 Å². The monoisotopic (exact) mass is 274 g/mol. The van der Waals surface area contributed by atoms with E-state index >= 15 is 0 Å². The quantitative estimate of drug-likeness (QED) is 0.593. The van der Waals surface area contributed by atoms with Crippen LogP contribution in [0.25, 0.3) is 0 Å². The number of carbonyl (C=O) groups excluding carboxylic acids is 1. The van der Waals surface area contributed by atoms with E-state index in [2.05, 4.69) is 4.74 Å². The van der Waals surface area contributed by atoms with Gasteiger partial charge in [0.15, 0.2) is 0 Å². The molecule has 0 aliphatic heterocycles. The van der Waals surface area contributed by atoms with Crippen molar-refractivity contribution in [2.75, 3.05) is 13.2 Å². The number of hydrogen-bond donors (Lipinski definition) is 1. The smallest absolute Gasteiger partial charge is 0.302 e. The van der Waals surface area contributed by atoms with Crippen LogP contribution >= 0.6 is 0 Å². The maximum absolute atomic E-state index is 11.8. The Morgan fingerprint density at radius 1 is 1.33 bits per heavy atom. The van der Waals surface area contributed by atoms with Crippen molar-refractivity contribution in [3.8, 4) is 0 Å². The Labute approximate surface area is 105 Å². The highest BCUT2D eigenvalue weighted by Gasteiger charge is 2.22. The van der Waals surface area contributed by atoms with Gasteiger partial charge in [-0.25, -0.2) is 0 Å². The fourth-order valence-electron chi connectivity index (χ4n) is 1.14. The summed E-state index contributed by atoms with van der Waals surface area (Å²) in [6.07, 6.45) is -1.11. The van der Waals surface area contributed by atoms with Gasteiger partial charge in [-0.15, -0.1) is 0 Å². The van der Waals surface area contributed by atoms with E-state index in [9.17, 15) is 13.2 Å². The van der Waals surface area contributed by atoms with E-state index in [-0.39, 0.29) is 11.5 Å². The van der Waals surface area contributed by atoms with Crippen molar-refractivity contribution >= 4 is 16.1 Å². The Kier molecular flexibility index (Phi) is 5.26. The summed E-state index contributed by atoms with van der Waals surface area (Å²) < 4.78 is 32.9. The number of esters is 1. The molecule has 0 fully saturated rings. The largest absolute Gasteiger partial charge is 0.463 e. The van der Waals surface area contributed by atoms with Gasteiger partial charge in [0.25, 0.3) is 10.1 Å². The predicted octanol–water partition coefficient (Wildman–Crippen LogP) is 0.316. The van der Waals surface area contributed by atoms with Crippen LogP contribution in [0.15, 0.2) is 35.2 Å². The molecular weight excluding hydrogens is 260 g/mol. The van der Waals surface area contributed by atoms with Crippen molar-refractivity contribution in [1.29, 1.82) is 0 Å². The molecule has 0 aliphatic rings. The molecule has 1 N–H and O–H groups in total. The SMILES string of the molecule is CC(=O)OC[C@H](CO)OS(=O)(=O)c1ccccc1. The summed E-state index contributed by atoms with van der Waals surface area (Å²) in [6.45, 7) is 0.289. The highest BCUT2D eigenvalue weighted by Crippen LogP contribution is 2.13. The summed E-state index contributed by atoms with van der Waals surface area (Å²) in [5.41, 5.74) is 0. The fourth-order valence-corrected chi connectivity index (χ4v) is 2.22. The van der Waals surface area contributed by atoms with E-state index in [0.29, 0.717) is 0 Å². The molecule has 0 radical (unpaired) electrons. The summed E-state index contributed by atoms with van der Waals surface area (Å²) in [5, 5.41) is 8.97. The van der Waals surface area contributed by atoms with Crippen LogP contribution in [0.5, 0.6) is 0 Å². The maximum Gasteiger partial charge on any atom is 0.302 e. The fraction of sp³-hybridized carbons (Fsp3) is 0.364. The Bertz CT molecular complexity index is 482. The molecular formula is C11H14O6S. The first-order valence-electron chi connectivity index (χ1n) is 5.18. The van der Waals surface area contributed by atoms with E-state index in [1.165, 1.54) is 19.1 Å². The predicted molar refractivity (Wildman–Crippen MR) is 62.2 cm³/mol. The number of ether oxygens (including phenoxy) is 1. The number of carbonyl (C=O) groups is 1. The van der Waals surface area contributed by atoms with Crippen molar-refractivity contribution in [3.63, 3.8) is 0 Å². The van der Waals surface area contributed by atoms with Gasteiger partial charge in [0.2, 0.25) is 0 Å². The van der Waals surface area contributed by atoms with E-state index in [0.717, 1.165) is 0 Å². The summed E-state index contributed by atoms with van der Waals surface area (Å²) in [4.78, 5) is 10.6. The molecule has 100 valence electrons.